The van der Waals surface area contributed by atoms with Gasteiger partial charge in [-0.25, -0.2) is 4.68 Å². The van der Waals surface area contributed by atoms with E-state index in [2.05, 4.69) is 10.4 Å². The third-order valence-corrected chi connectivity index (χ3v) is 4.65. The molecule has 0 radical (unpaired) electrons. The summed E-state index contributed by atoms with van der Waals surface area (Å²) in [6.45, 7) is 0.289. The normalized spacial score (nSPS) is 10.6. The van der Waals surface area contributed by atoms with Crippen molar-refractivity contribution in [1.29, 1.82) is 0 Å². The molecule has 30 heavy (non-hydrogen) atoms. The number of carbonyl (C=O) groups is 1. The number of hydrogen-bond donors (Lipinski definition) is 1. The highest BCUT2D eigenvalue weighted by atomic mass is 16.5. The summed E-state index contributed by atoms with van der Waals surface area (Å²) in [6.07, 6.45) is 1.57. The number of amides is 1. The molecule has 4 rings (SSSR count). The van der Waals surface area contributed by atoms with Gasteiger partial charge in [0.2, 0.25) is 0 Å². The molecule has 0 aliphatic heterocycles. The summed E-state index contributed by atoms with van der Waals surface area (Å²) in [5.74, 6) is 1.90. The molecule has 0 atom stereocenters. The third kappa shape index (κ3) is 4.05. The molecule has 0 fully saturated rings. The van der Waals surface area contributed by atoms with E-state index in [1.807, 2.05) is 54.6 Å². The van der Waals surface area contributed by atoms with Crippen LogP contribution in [0.25, 0.3) is 16.9 Å². The van der Waals surface area contributed by atoms with Gasteiger partial charge in [-0.3, -0.25) is 4.79 Å². The topological polar surface area (TPSA) is 78.5 Å². The van der Waals surface area contributed by atoms with Crippen molar-refractivity contribution >= 4 is 5.91 Å². The molecular formula is C23H21N3O4. The minimum absolute atomic E-state index is 0.255. The monoisotopic (exact) mass is 403 g/mol. The Morgan fingerprint density at radius 3 is 2.27 bits per heavy atom. The fourth-order valence-electron chi connectivity index (χ4n) is 3.04. The lowest BCUT2D eigenvalue weighted by Crippen LogP contribution is -2.25. The number of rotatable bonds is 7. The molecule has 7 heteroatoms. The number of carbonyl (C=O) groups excluding carboxylic acids is 1. The van der Waals surface area contributed by atoms with Gasteiger partial charge >= 0.3 is 0 Å². The summed E-state index contributed by atoms with van der Waals surface area (Å²) in [7, 11) is 3.23. The van der Waals surface area contributed by atoms with Gasteiger partial charge in [0.25, 0.3) is 5.91 Å². The van der Waals surface area contributed by atoms with Crippen LogP contribution in [0.3, 0.4) is 0 Å². The van der Waals surface area contributed by atoms with Crippen LogP contribution in [0.15, 0.2) is 77.4 Å². The Kier molecular flexibility index (Phi) is 5.52. The molecule has 7 nitrogen and oxygen atoms in total. The molecule has 1 N–H and O–H groups in total. The van der Waals surface area contributed by atoms with Crippen molar-refractivity contribution in [2.75, 3.05) is 14.2 Å². The average molecular weight is 403 g/mol. The molecule has 2 heterocycles. The van der Waals surface area contributed by atoms with Crippen LogP contribution in [-0.2, 0) is 6.54 Å². The molecule has 1 amide bonds. The van der Waals surface area contributed by atoms with E-state index >= 15 is 0 Å². The van der Waals surface area contributed by atoms with Gasteiger partial charge in [-0.15, -0.1) is 0 Å². The van der Waals surface area contributed by atoms with Crippen LogP contribution < -0.4 is 14.8 Å². The van der Waals surface area contributed by atoms with Gasteiger partial charge < -0.3 is 19.2 Å². The lowest BCUT2D eigenvalue weighted by atomic mass is 10.1. The summed E-state index contributed by atoms with van der Waals surface area (Å²) in [4.78, 5) is 12.9. The maximum atomic E-state index is 12.9. The number of methoxy groups -OCH3 is 2. The first-order chi connectivity index (χ1) is 14.7. The van der Waals surface area contributed by atoms with Crippen LogP contribution in [-0.4, -0.2) is 29.9 Å². The van der Waals surface area contributed by atoms with Gasteiger partial charge in [-0.05, 0) is 66.7 Å². The second-order valence-electron chi connectivity index (χ2n) is 6.52. The van der Waals surface area contributed by atoms with E-state index in [0.29, 0.717) is 17.1 Å². The molecule has 0 saturated heterocycles. The molecule has 0 aliphatic carbocycles. The van der Waals surface area contributed by atoms with E-state index in [9.17, 15) is 4.79 Å². The third-order valence-electron chi connectivity index (χ3n) is 4.65. The van der Waals surface area contributed by atoms with Crippen LogP contribution >= 0.6 is 0 Å². The molecule has 0 spiro atoms. The standard InChI is InChI=1S/C23H21N3O4/c1-28-18-9-5-16(6-10-18)21-14-22(23(27)24-15-20-4-3-13-30-20)26(25-21)17-7-11-19(29-2)12-8-17/h3-14H,15H2,1-2H3,(H,24,27). The van der Waals surface area contributed by atoms with Crippen LogP contribution in [0, 0.1) is 0 Å². The summed E-state index contributed by atoms with van der Waals surface area (Å²) >= 11 is 0. The Bertz CT molecular complexity index is 1110. The van der Waals surface area contributed by atoms with Gasteiger partial charge in [0.1, 0.15) is 23.0 Å². The first-order valence-electron chi connectivity index (χ1n) is 9.37. The van der Waals surface area contributed by atoms with Gasteiger partial charge in [-0.2, -0.15) is 5.10 Å². The van der Waals surface area contributed by atoms with Crippen LogP contribution in [0.2, 0.25) is 0 Å². The van der Waals surface area contributed by atoms with E-state index < -0.39 is 0 Å². The van der Waals surface area contributed by atoms with Crippen molar-refractivity contribution in [2.45, 2.75) is 6.54 Å². The first-order valence-corrected chi connectivity index (χ1v) is 9.37. The van der Waals surface area contributed by atoms with E-state index in [1.165, 1.54) is 0 Å². The lowest BCUT2D eigenvalue weighted by Gasteiger charge is -2.08. The molecular weight excluding hydrogens is 382 g/mol. The number of nitrogens with one attached hydrogen (secondary N) is 1. The van der Waals surface area contributed by atoms with Crippen molar-refractivity contribution in [1.82, 2.24) is 15.1 Å². The SMILES string of the molecule is COc1ccc(-c2cc(C(=O)NCc3ccco3)n(-c3ccc(OC)cc3)n2)cc1. The maximum absolute atomic E-state index is 12.9. The van der Waals surface area contributed by atoms with E-state index in [4.69, 9.17) is 13.9 Å². The Balaban J connectivity index is 1.69. The maximum Gasteiger partial charge on any atom is 0.270 e. The Morgan fingerprint density at radius 2 is 1.67 bits per heavy atom. The Hall–Kier alpha value is -4.00. The number of nitrogens with zero attached hydrogens (tertiary/aromatic N) is 2. The van der Waals surface area contributed by atoms with Crippen molar-refractivity contribution in [3.63, 3.8) is 0 Å². The minimum atomic E-state index is -0.255. The number of benzene rings is 2. The average Bonchev–Trinajstić information content (AvgIpc) is 3.48. The summed E-state index contributed by atoms with van der Waals surface area (Å²) in [5, 5.41) is 7.56. The highest BCUT2D eigenvalue weighted by molar-refractivity contribution is 5.94. The zero-order valence-corrected chi connectivity index (χ0v) is 16.7. The molecule has 0 unspecified atom stereocenters. The van der Waals surface area contributed by atoms with Crippen molar-refractivity contribution in [3.8, 4) is 28.4 Å². The lowest BCUT2D eigenvalue weighted by molar-refractivity contribution is 0.0940. The summed E-state index contributed by atoms with van der Waals surface area (Å²) < 4.78 is 17.4. The van der Waals surface area contributed by atoms with E-state index in [1.54, 1.807) is 37.3 Å². The Morgan fingerprint density at radius 1 is 1.00 bits per heavy atom. The molecule has 4 aromatic rings. The molecule has 2 aromatic heterocycles. The van der Waals surface area contributed by atoms with Crippen molar-refractivity contribution < 1.29 is 18.7 Å². The highest BCUT2D eigenvalue weighted by Crippen LogP contribution is 2.25. The van der Waals surface area contributed by atoms with Crippen LogP contribution in [0.5, 0.6) is 11.5 Å². The molecule has 0 saturated carbocycles. The summed E-state index contributed by atoms with van der Waals surface area (Å²) in [6, 6.07) is 20.3. The van der Waals surface area contributed by atoms with Crippen LogP contribution in [0.1, 0.15) is 16.2 Å². The fraction of sp³-hybridized carbons (Fsp3) is 0.130. The first kappa shape index (κ1) is 19.3. The highest BCUT2D eigenvalue weighted by Gasteiger charge is 2.18. The second kappa shape index (κ2) is 8.57. The zero-order chi connectivity index (χ0) is 20.9. The van der Waals surface area contributed by atoms with Gasteiger partial charge in [-0.1, -0.05) is 0 Å². The molecule has 2 aromatic carbocycles. The zero-order valence-electron chi connectivity index (χ0n) is 16.7. The molecule has 152 valence electrons. The number of hydrogen-bond acceptors (Lipinski definition) is 5. The van der Waals surface area contributed by atoms with Gasteiger partial charge in [0.05, 0.1) is 38.4 Å². The fourth-order valence-corrected chi connectivity index (χ4v) is 3.04. The van der Waals surface area contributed by atoms with Crippen LogP contribution in [0.4, 0.5) is 0 Å². The van der Waals surface area contributed by atoms with E-state index in [0.717, 1.165) is 22.7 Å². The Labute approximate surface area is 173 Å². The number of aromatic nitrogens is 2. The van der Waals surface area contributed by atoms with E-state index in [-0.39, 0.29) is 12.5 Å². The van der Waals surface area contributed by atoms with Crippen molar-refractivity contribution in [2.24, 2.45) is 0 Å². The molecule has 0 aliphatic rings. The van der Waals surface area contributed by atoms with Gasteiger partial charge in [0, 0.05) is 5.56 Å². The molecule has 0 bridgehead atoms. The predicted molar refractivity (Wildman–Crippen MR) is 112 cm³/mol. The van der Waals surface area contributed by atoms with Crippen molar-refractivity contribution in [3.05, 3.63) is 84.4 Å². The second-order valence-corrected chi connectivity index (χ2v) is 6.52. The van der Waals surface area contributed by atoms with Gasteiger partial charge in [0.15, 0.2) is 0 Å². The minimum Gasteiger partial charge on any atom is -0.497 e. The number of ether oxygens (including phenoxy) is 2. The number of furan rings is 1. The largest absolute Gasteiger partial charge is 0.497 e. The predicted octanol–water partition coefficient (Wildman–Crippen LogP) is 4.08. The quantitative estimate of drug-likeness (QED) is 0.503. The smallest absolute Gasteiger partial charge is 0.270 e. The summed E-state index contributed by atoms with van der Waals surface area (Å²) in [5.41, 5.74) is 2.72.